The van der Waals surface area contributed by atoms with E-state index in [0.29, 0.717) is 12.1 Å². The number of benzene rings is 2. The van der Waals surface area contributed by atoms with Crippen molar-refractivity contribution in [1.82, 2.24) is 9.80 Å². The molecule has 0 spiro atoms. The van der Waals surface area contributed by atoms with Gasteiger partial charge in [-0.3, -0.25) is 4.79 Å². The van der Waals surface area contributed by atoms with Gasteiger partial charge >= 0.3 is 6.18 Å². The SMILES string of the molecule is O=C(Cc1ccc(C(F)(F)F)cc1)N1CCc2ccccc2[C@H]1CN1CCCCC1. The van der Waals surface area contributed by atoms with Gasteiger partial charge < -0.3 is 9.80 Å². The molecule has 0 bridgehead atoms. The van der Waals surface area contributed by atoms with Crippen LogP contribution < -0.4 is 0 Å². The second-order valence-electron chi connectivity index (χ2n) is 8.28. The molecule has 0 saturated carbocycles. The lowest BCUT2D eigenvalue weighted by Gasteiger charge is -2.41. The number of rotatable bonds is 4. The fourth-order valence-corrected chi connectivity index (χ4v) is 4.62. The largest absolute Gasteiger partial charge is 0.416 e. The highest BCUT2D eigenvalue weighted by molar-refractivity contribution is 5.79. The molecule has 0 N–H and O–H groups in total. The maximum Gasteiger partial charge on any atom is 0.416 e. The van der Waals surface area contributed by atoms with Gasteiger partial charge in [-0.15, -0.1) is 0 Å². The zero-order chi connectivity index (χ0) is 21.1. The number of piperidine rings is 1. The molecule has 2 heterocycles. The Morgan fingerprint density at radius 2 is 1.63 bits per heavy atom. The number of amides is 1. The smallest absolute Gasteiger partial charge is 0.334 e. The van der Waals surface area contributed by atoms with Crippen LogP contribution >= 0.6 is 0 Å². The van der Waals surface area contributed by atoms with Gasteiger partial charge in [0.05, 0.1) is 18.0 Å². The van der Waals surface area contributed by atoms with Crippen LogP contribution in [0.3, 0.4) is 0 Å². The van der Waals surface area contributed by atoms with Crippen molar-refractivity contribution >= 4 is 5.91 Å². The molecule has 0 aromatic heterocycles. The number of hydrogen-bond donors (Lipinski definition) is 0. The Morgan fingerprint density at radius 3 is 2.33 bits per heavy atom. The minimum atomic E-state index is -4.36. The van der Waals surface area contributed by atoms with Gasteiger partial charge in [0.15, 0.2) is 0 Å². The van der Waals surface area contributed by atoms with E-state index in [1.165, 1.54) is 42.5 Å². The van der Waals surface area contributed by atoms with Crippen LogP contribution in [0.5, 0.6) is 0 Å². The van der Waals surface area contributed by atoms with Crippen LogP contribution in [0, 0.1) is 0 Å². The Hall–Kier alpha value is -2.34. The van der Waals surface area contributed by atoms with Gasteiger partial charge in [0, 0.05) is 13.1 Å². The number of carbonyl (C=O) groups is 1. The summed E-state index contributed by atoms with van der Waals surface area (Å²) < 4.78 is 38.4. The second-order valence-corrected chi connectivity index (χ2v) is 8.28. The highest BCUT2D eigenvalue weighted by Gasteiger charge is 2.33. The number of halogens is 3. The van der Waals surface area contributed by atoms with Crippen molar-refractivity contribution in [3.8, 4) is 0 Å². The molecule has 30 heavy (non-hydrogen) atoms. The normalized spacial score (nSPS) is 20.1. The molecule has 1 saturated heterocycles. The Morgan fingerprint density at radius 1 is 0.933 bits per heavy atom. The fourth-order valence-electron chi connectivity index (χ4n) is 4.62. The Balaban J connectivity index is 1.52. The molecule has 2 aliphatic heterocycles. The molecule has 3 nitrogen and oxygen atoms in total. The molecule has 1 amide bonds. The predicted octanol–water partition coefficient (Wildman–Crippen LogP) is 4.86. The summed E-state index contributed by atoms with van der Waals surface area (Å²) in [6.45, 7) is 3.57. The minimum Gasteiger partial charge on any atom is -0.334 e. The molecule has 1 fully saturated rings. The topological polar surface area (TPSA) is 23.6 Å². The first-order valence-electron chi connectivity index (χ1n) is 10.7. The molecule has 0 aliphatic carbocycles. The number of hydrogen-bond acceptors (Lipinski definition) is 2. The van der Waals surface area contributed by atoms with Crippen molar-refractivity contribution in [2.24, 2.45) is 0 Å². The van der Waals surface area contributed by atoms with Crippen LogP contribution in [0.25, 0.3) is 0 Å². The highest BCUT2D eigenvalue weighted by atomic mass is 19.4. The van der Waals surface area contributed by atoms with Crippen molar-refractivity contribution in [1.29, 1.82) is 0 Å². The average molecular weight is 416 g/mol. The van der Waals surface area contributed by atoms with Gasteiger partial charge in [0.25, 0.3) is 0 Å². The zero-order valence-electron chi connectivity index (χ0n) is 17.0. The van der Waals surface area contributed by atoms with Crippen LogP contribution in [0.1, 0.15) is 47.6 Å². The number of carbonyl (C=O) groups excluding carboxylic acids is 1. The summed E-state index contributed by atoms with van der Waals surface area (Å²) in [6.07, 6.45) is 0.205. The molecule has 2 aliphatic rings. The zero-order valence-corrected chi connectivity index (χ0v) is 17.0. The van der Waals surface area contributed by atoms with Gasteiger partial charge in [0.2, 0.25) is 5.91 Å². The second kappa shape index (κ2) is 8.80. The van der Waals surface area contributed by atoms with Gasteiger partial charge in [-0.25, -0.2) is 0 Å². The molecular weight excluding hydrogens is 389 g/mol. The third-order valence-corrected chi connectivity index (χ3v) is 6.25. The number of alkyl halides is 3. The lowest BCUT2D eigenvalue weighted by atomic mass is 9.91. The van der Waals surface area contributed by atoms with Gasteiger partial charge in [-0.2, -0.15) is 13.2 Å². The maximum absolute atomic E-state index is 13.2. The average Bonchev–Trinajstić information content (AvgIpc) is 2.74. The van der Waals surface area contributed by atoms with E-state index in [4.69, 9.17) is 0 Å². The standard InChI is InChI=1S/C24H27F3N2O/c25-24(26,27)20-10-8-18(9-11-20)16-23(30)29-15-12-19-6-2-3-7-21(19)22(29)17-28-13-4-1-5-14-28/h2-3,6-11,22H,1,4-5,12-17H2/t22-/m1/s1. The molecule has 2 aromatic rings. The quantitative estimate of drug-likeness (QED) is 0.711. The molecule has 160 valence electrons. The summed E-state index contributed by atoms with van der Waals surface area (Å²) in [7, 11) is 0. The summed E-state index contributed by atoms with van der Waals surface area (Å²) in [6, 6.07) is 13.2. The minimum absolute atomic E-state index is 0.00463. The van der Waals surface area contributed by atoms with E-state index in [1.807, 2.05) is 17.0 Å². The third kappa shape index (κ3) is 4.69. The summed E-state index contributed by atoms with van der Waals surface area (Å²) in [5.41, 5.74) is 2.42. The first-order chi connectivity index (χ1) is 14.4. The van der Waals surface area contributed by atoms with Crippen molar-refractivity contribution in [2.75, 3.05) is 26.2 Å². The maximum atomic E-state index is 13.2. The summed E-state index contributed by atoms with van der Waals surface area (Å²) >= 11 is 0. The van der Waals surface area contributed by atoms with Crippen molar-refractivity contribution in [3.05, 3.63) is 70.8 Å². The molecule has 0 unspecified atom stereocenters. The summed E-state index contributed by atoms with van der Waals surface area (Å²) in [4.78, 5) is 17.6. The van der Waals surface area contributed by atoms with E-state index in [0.717, 1.165) is 38.2 Å². The fraction of sp³-hybridized carbons (Fsp3) is 0.458. The predicted molar refractivity (Wildman–Crippen MR) is 110 cm³/mol. The molecular formula is C24H27F3N2O. The van der Waals surface area contributed by atoms with Crippen LogP contribution in [-0.4, -0.2) is 41.9 Å². The lowest BCUT2D eigenvalue weighted by Crippen LogP contribution is -2.46. The van der Waals surface area contributed by atoms with Gasteiger partial charge in [-0.1, -0.05) is 42.8 Å². The molecule has 6 heteroatoms. The van der Waals surface area contributed by atoms with E-state index < -0.39 is 11.7 Å². The van der Waals surface area contributed by atoms with Crippen molar-refractivity contribution < 1.29 is 18.0 Å². The number of likely N-dealkylation sites (tertiary alicyclic amines) is 1. The Labute approximate surface area is 175 Å². The van der Waals surface area contributed by atoms with Crippen LogP contribution in [0.4, 0.5) is 13.2 Å². The van der Waals surface area contributed by atoms with Gasteiger partial charge in [0.1, 0.15) is 0 Å². The monoisotopic (exact) mass is 416 g/mol. The molecule has 1 atom stereocenters. The van der Waals surface area contributed by atoms with E-state index >= 15 is 0 Å². The van der Waals surface area contributed by atoms with E-state index in [9.17, 15) is 18.0 Å². The third-order valence-electron chi connectivity index (χ3n) is 6.25. The van der Waals surface area contributed by atoms with E-state index in [-0.39, 0.29) is 18.4 Å². The Bertz CT molecular complexity index is 873. The van der Waals surface area contributed by atoms with E-state index in [1.54, 1.807) is 0 Å². The molecule has 0 radical (unpaired) electrons. The first-order valence-corrected chi connectivity index (χ1v) is 10.7. The molecule has 4 rings (SSSR count). The highest BCUT2D eigenvalue weighted by Crippen LogP contribution is 2.32. The number of fused-ring (bicyclic) bond motifs is 1. The number of nitrogens with zero attached hydrogens (tertiary/aromatic N) is 2. The Kier molecular flexibility index (Phi) is 6.14. The lowest BCUT2D eigenvalue weighted by molar-refractivity contribution is -0.137. The summed E-state index contributed by atoms with van der Waals surface area (Å²) in [5.74, 6) is -0.0220. The van der Waals surface area contributed by atoms with Crippen molar-refractivity contribution in [2.45, 2.75) is 44.3 Å². The van der Waals surface area contributed by atoms with Crippen LogP contribution in [-0.2, 0) is 23.8 Å². The molecule has 2 aromatic carbocycles. The summed E-state index contributed by atoms with van der Waals surface area (Å²) in [5, 5.41) is 0. The van der Waals surface area contributed by atoms with E-state index in [2.05, 4.69) is 17.0 Å². The first kappa shape index (κ1) is 20.9. The van der Waals surface area contributed by atoms with Crippen LogP contribution in [0.15, 0.2) is 48.5 Å². The van der Waals surface area contributed by atoms with Crippen LogP contribution in [0.2, 0.25) is 0 Å². The van der Waals surface area contributed by atoms with Crippen molar-refractivity contribution in [3.63, 3.8) is 0 Å². The van der Waals surface area contributed by atoms with Gasteiger partial charge in [-0.05, 0) is 61.2 Å².